The maximum atomic E-state index is 12.8. The fourth-order valence-corrected chi connectivity index (χ4v) is 4.72. The number of carbonyl (C=O) groups excluding carboxylic acids is 4. The number of rotatable bonds is 3. The molecule has 0 fully saturated rings. The van der Waals surface area contributed by atoms with Crippen LogP contribution in [-0.4, -0.2) is 28.5 Å². The van der Waals surface area contributed by atoms with Gasteiger partial charge in [0, 0.05) is 5.56 Å². The van der Waals surface area contributed by atoms with Crippen LogP contribution in [-0.2, 0) is 6.54 Å². The molecule has 152 valence electrons. The Morgan fingerprint density at radius 3 is 1.68 bits per heavy atom. The first-order valence-corrected chi connectivity index (χ1v) is 9.84. The summed E-state index contributed by atoms with van der Waals surface area (Å²) in [5.41, 5.74) is 1.70. The largest absolute Gasteiger partial charge is 0.270 e. The van der Waals surface area contributed by atoms with Crippen molar-refractivity contribution in [3.63, 3.8) is 0 Å². The van der Waals surface area contributed by atoms with Crippen molar-refractivity contribution in [2.45, 2.75) is 6.54 Å². The van der Waals surface area contributed by atoms with Crippen LogP contribution in [0.3, 0.4) is 0 Å². The Morgan fingerprint density at radius 1 is 0.774 bits per heavy atom. The molecule has 1 aromatic heterocycles. The SMILES string of the molecule is Cl.N#Cc1c(CN2C(=O)c3ccccc3C2=O)csc1N1C(=O)c2ccccc2C1=O. The molecule has 0 bridgehead atoms. The lowest BCUT2D eigenvalue weighted by Gasteiger charge is -2.14. The summed E-state index contributed by atoms with van der Waals surface area (Å²) in [5, 5.41) is 11.5. The Hall–Kier alpha value is -3.80. The molecule has 5 rings (SSSR count). The average Bonchev–Trinajstić information content (AvgIpc) is 3.36. The molecular weight excluding hydrogens is 438 g/mol. The second kappa shape index (κ2) is 7.47. The molecule has 0 radical (unpaired) electrons. The van der Waals surface area contributed by atoms with Gasteiger partial charge in [-0.05, 0) is 29.6 Å². The second-order valence-electron chi connectivity index (χ2n) is 6.79. The number of nitriles is 1. The molecular formula is C22H12ClN3O4S. The molecule has 2 aromatic carbocycles. The van der Waals surface area contributed by atoms with E-state index in [2.05, 4.69) is 0 Å². The highest BCUT2D eigenvalue weighted by atomic mass is 35.5. The molecule has 0 atom stereocenters. The van der Waals surface area contributed by atoms with Crippen LogP contribution < -0.4 is 4.90 Å². The van der Waals surface area contributed by atoms with Crippen LogP contribution in [0.5, 0.6) is 0 Å². The molecule has 31 heavy (non-hydrogen) atoms. The van der Waals surface area contributed by atoms with E-state index in [9.17, 15) is 24.4 Å². The number of benzene rings is 2. The molecule has 0 spiro atoms. The molecule has 0 unspecified atom stereocenters. The molecule has 0 N–H and O–H groups in total. The topological polar surface area (TPSA) is 98.5 Å². The number of halogens is 1. The van der Waals surface area contributed by atoms with Crippen LogP contribution in [0.4, 0.5) is 5.00 Å². The molecule has 0 aliphatic carbocycles. The van der Waals surface area contributed by atoms with Gasteiger partial charge in [-0.15, -0.1) is 23.7 Å². The fourth-order valence-electron chi connectivity index (χ4n) is 3.71. The third-order valence-electron chi connectivity index (χ3n) is 5.16. The number of fused-ring (bicyclic) bond motifs is 2. The highest BCUT2D eigenvalue weighted by Crippen LogP contribution is 2.38. The van der Waals surface area contributed by atoms with E-state index in [0.29, 0.717) is 16.7 Å². The number of imide groups is 2. The smallest absolute Gasteiger partial charge is 0.266 e. The summed E-state index contributed by atoms with van der Waals surface area (Å²) in [4.78, 5) is 52.9. The van der Waals surface area contributed by atoms with Crippen LogP contribution in [0, 0.1) is 11.3 Å². The predicted molar refractivity (Wildman–Crippen MR) is 115 cm³/mol. The maximum Gasteiger partial charge on any atom is 0.266 e. The lowest BCUT2D eigenvalue weighted by Crippen LogP contribution is -2.30. The molecule has 7 nitrogen and oxygen atoms in total. The van der Waals surface area contributed by atoms with Crippen molar-refractivity contribution in [1.82, 2.24) is 4.90 Å². The molecule has 3 heterocycles. The van der Waals surface area contributed by atoms with Crippen LogP contribution in [0.15, 0.2) is 53.9 Å². The van der Waals surface area contributed by atoms with E-state index in [1.807, 2.05) is 6.07 Å². The quantitative estimate of drug-likeness (QED) is 0.568. The number of amides is 4. The van der Waals surface area contributed by atoms with Gasteiger partial charge in [-0.25, -0.2) is 4.90 Å². The Kier molecular flexibility index (Phi) is 4.93. The van der Waals surface area contributed by atoms with Crippen molar-refractivity contribution >= 4 is 52.4 Å². The Bertz CT molecular complexity index is 1270. The summed E-state index contributed by atoms with van der Waals surface area (Å²) < 4.78 is 0. The van der Waals surface area contributed by atoms with Crippen molar-refractivity contribution < 1.29 is 19.2 Å². The maximum absolute atomic E-state index is 12.8. The highest BCUT2D eigenvalue weighted by molar-refractivity contribution is 7.15. The van der Waals surface area contributed by atoms with Crippen molar-refractivity contribution in [3.8, 4) is 6.07 Å². The number of carbonyl (C=O) groups is 4. The van der Waals surface area contributed by atoms with Crippen molar-refractivity contribution in [2.24, 2.45) is 0 Å². The number of hydrogen-bond acceptors (Lipinski definition) is 6. The zero-order chi connectivity index (χ0) is 21.0. The minimum absolute atomic E-state index is 0. The van der Waals surface area contributed by atoms with Crippen molar-refractivity contribution in [2.75, 3.05) is 4.90 Å². The fraction of sp³-hybridized carbons (Fsp3) is 0.0455. The van der Waals surface area contributed by atoms with Gasteiger partial charge in [-0.2, -0.15) is 5.26 Å². The van der Waals surface area contributed by atoms with E-state index in [1.54, 1.807) is 53.9 Å². The van der Waals surface area contributed by atoms with E-state index in [-0.39, 0.29) is 40.6 Å². The van der Waals surface area contributed by atoms with E-state index in [4.69, 9.17) is 0 Å². The molecule has 2 aliphatic heterocycles. The molecule has 9 heteroatoms. The zero-order valence-electron chi connectivity index (χ0n) is 15.7. The van der Waals surface area contributed by atoms with E-state index < -0.39 is 23.6 Å². The third kappa shape index (κ3) is 2.86. The average molecular weight is 450 g/mol. The molecule has 4 amide bonds. The zero-order valence-corrected chi connectivity index (χ0v) is 17.3. The van der Waals surface area contributed by atoms with Crippen LogP contribution in [0.2, 0.25) is 0 Å². The van der Waals surface area contributed by atoms with Gasteiger partial charge < -0.3 is 0 Å². The normalized spacial score (nSPS) is 14.4. The van der Waals surface area contributed by atoms with Gasteiger partial charge in [0.15, 0.2) is 0 Å². The predicted octanol–water partition coefficient (Wildman–Crippen LogP) is 3.64. The summed E-state index contributed by atoms with van der Waals surface area (Å²) in [6.07, 6.45) is 0. The number of hydrogen-bond donors (Lipinski definition) is 0. The second-order valence-corrected chi connectivity index (χ2v) is 7.64. The summed E-state index contributed by atoms with van der Waals surface area (Å²) in [6, 6.07) is 15.0. The first-order valence-electron chi connectivity index (χ1n) is 8.96. The minimum Gasteiger partial charge on any atom is -0.270 e. The lowest BCUT2D eigenvalue weighted by molar-refractivity contribution is 0.0641. The first-order chi connectivity index (χ1) is 14.5. The number of nitrogens with zero attached hydrogens (tertiary/aromatic N) is 3. The monoisotopic (exact) mass is 449 g/mol. The van der Waals surface area contributed by atoms with Crippen LogP contribution in [0.1, 0.15) is 52.6 Å². The van der Waals surface area contributed by atoms with Gasteiger partial charge in [0.1, 0.15) is 11.1 Å². The third-order valence-corrected chi connectivity index (χ3v) is 6.18. The van der Waals surface area contributed by atoms with E-state index in [0.717, 1.165) is 21.1 Å². The molecule has 0 saturated carbocycles. The van der Waals surface area contributed by atoms with Gasteiger partial charge in [0.05, 0.1) is 34.4 Å². The van der Waals surface area contributed by atoms with Gasteiger partial charge in [0.25, 0.3) is 23.6 Å². The Labute approximate surface area is 186 Å². The summed E-state index contributed by atoms with van der Waals surface area (Å²) in [7, 11) is 0. The van der Waals surface area contributed by atoms with Crippen molar-refractivity contribution in [1.29, 1.82) is 5.26 Å². The number of thiophene rings is 1. The summed E-state index contributed by atoms with van der Waals surface area (Å²) >= 11 is 1.06. The summed E-state index contributed by atoms with van der Waals surface area (Å²) in [6.45, 7) is -0.116. The van der Waals surface area contributed by atoms with Gasteiger partial charge in [-0.1, -0.05) is 24.3 Å². The lowest BCUT2D eigenvalue weighted by atomic mass is 10.1. The molecule has 2 aliphatic rings. The number of anilines is 1. The van der Waals surface area contributed by atoms with E-state index >= 15 is 0 Å². The van der Waals surface area contributed by atoms with E-state index in [1.165, 1.54) is 0 Å². The molecule has 0 saturated heterocycles. The minimum atomic E-state index is -0.499. The van der Waals surface area contributed by atoms with Gasteiger partial charge >= 0.3 is 0 Å². The highest BCUT2D eigenvalue weighted by Gasteiger charge is 2.40. The standard InChI is InChI=1S/C22H11N3O4S.ClH/c23-9-17-12(10-24-18(26)13-5-1-2-6-14(13)19(24)27)11-30-22(17)25-20(28)15-7-3-4-8-16(15)21(25)29;/h1-8,11H,10H2;1H. The van der Waals surface area contributed by atoms with Gasteiger partial charge in [-0.3, -0.25) is 24.1 Å². The van der Waals surface area contributed by atoms with Crippen LogP contribution in [0.25, 0.3) is 0 Å². The van der Waals surface area contributed by atoms with Crippen LogP contribution >= 0.6 is 23.7 Å². The first kappa shape index (κ1) is 20.5. The molecule has 3 aromatic rings. The Balaban J connectivity index is 0.00000231. The summed E-state index contributed by atoms with van der Waals surface area (Å²) in [5.74, 6) is -1.87. The Morgan fingerprint density at radius 2 is 1.23 bits per heavy atom. The van der Waals surface area contributed by atoms with Crippen molar-refractivity contribution in [3.05, 3.63) is 87.3 Å². The van der Waals surface area contributed by atoms with Gasteiger partial charge in [0.2, 0.25) is 0 Å².